The second-order valence-electron chi connectivity index (χ2n) is 6.50. The number of sulfonamides is 1. The number of nitrogens with zero attached hydrogens (tertiary/aromatic N) is 3. The molecule has 2 heterocycles. The number of hydrogen-bond donors (Lipinski definition) is 1. The number of ketones is 1. The molecule has 8 nitrogen and oxygen atoms in total. The highest BCUT2D eigenvalue weighted by molar-refractivity contribution is 7.93. The molecule has 0 aliphatic rings. The summed E-state index contributed by atoms with van der Waals surface area (Å²) >= 11 is 1.18. The van der Waals surface area contributed by atoms with Crippen molar-refractivity contribution in [2.75, 3.05) is 4.72 Å². The largest absolute Gasteiger partial charge is 0.297 e. The molecular weight excluding hydrogens is 424 g/mol. The molecule has 0 amide bonds. The highest BCUT2D eigenvalue weighted by atomic mass is 32.2. The molecule has 0 aliphatic heterocycles. The molecule has 10 heteroatoms. The second-order valence-corrected chi connectivity index (χ2v) is 9.07. The van der Waals surface area contributed by atoms with Crippen LogP contribution in [-0.4, -0.2) is 28.7 Å². The van der Waals surface area contributed by atoms with E-state index in [-0.39, 0.29) is 34.3 Å². The third-order valence-electron chi connectivity index (χ3n) is 4.37. The number of Topliss-reactive ketones (excluding diaryl/α,β-unsaturated/α-hetero) is 1. The Morgan fingerprint density at radius 1 is 1.07 bits per heavy atom. The van der Waals surface area contributed by atoms with Crippen molar-refractivity contribution in [3.63, 3.8) is 0 Å². The average Bonchev–Trinajstić information content (AvgIpc) is 3.23. The summed E-state index contributed by atoms with van der Waals surface area (Å²) in [6, 6.07) is 13.0. The van der Waals surface area contributed by atoms with Crippen molar-refractivity contribution in [2.24, 2.45) is 0 Å². The Morgan fingerprint density at radius 3 is 2.57 bits per heavy atom. The lowest BCUT2D eigenvalue weighted by atomic mass is 10.1. The van der Waals surface area contributed by atoms with E-state index >= 15 is 0 Å². The number of para-hydroxylation sites is 1. The Bertz CT molecular complexity index is 1360. The lowest BCUT2D eigenvalue weighted by Gasteiger charge is -2.08. The van der Waals surface area contributed by atoms with Crippen LogP contribution < -0.4 is 10.3 Å². The van der Waals surface area contributed by atoms with E-state index in [1.165, 1.54) is 40.6 Å². The van der Waals surface area contributed by atoms with Gasteiger partial charge in [-0.25, -0.2) is 18.4 Å². The number of hydrogen-bond acceptors (Lipinski definition) is 7. The van der Waals surface area contributed by atoms with Crippen LogP contribution in [0.2, 0.25) is 0 Å². The zero-order chi connectivity index (χ0) is 21.1. The molecule has 0 spiro atoms. The standard InChI is InChI=1S/C20H16N4O4S2/c25-15(12-24-13-22-18-4-2-1-3-17(18)19(24)26)11-14-5-7-16(8-6-14)30(27,28)23-20-21-9-10-29-20/h1-10,13H,11-12H2,(H,21,23). The minimum Gasteiger partial charge on any atom is -0.297 e. The summed E-state index contributed by atoms with van der Waals surface area (Å²) in [7, 11) is -3.74. The van der Waals surface area contributed by atoms with Gasteiger partial charge in [0.25, 0.3) is 15.6 Å². The van der Waals surface area contributed by atoms with Gasteiger partial charge in [-0.1, -0.05) is 24.3 Å². The van der Waals surface area contributed by atoms with Gasteiger partial charge >= 0.3 is 0 Å². The quantitative estimate of drug-likeness (QED) is 0.473. The van der Waals surface area contributed by atoms with E-state index in [2.05, 4.69) is 14.7 Å². The first-order valence-electron chi connectivity index (χ1n) is 8.89. The summed E-state index contributed by atoms with van der Waals surface area (Å²) in [4.78, 5) is 33.1. The van der Waals surface area contributed by atoms with E-state index in [1.54, 1.807) is 41.8 Å². The van der Waals surface area contributed by atoms with E-state index in [1.807, 2.05) is 0 Å². The maximum atomic E-state index is 12.5. The Balaban J connectivity index is 1.45. The lowest BCUT2D eigenvalue weighted by molar-refractivity contribution is -0.119. The van der Waals surface area contributed by atoms with Crippen LogP contribution in [0.25, 0.3) is 10.9 Å². The zero-order valence-electron chi connectivity index (χ0n) is 15.6. The third kappa shape index (κ3) is 4.29. The van der Waals surface area contributed by atoms with Crippen molar-refractivity contribution in [1.82, 2.24) is 14.5 Å². The first kappa shape index (κ1) is 19.9. The predicted octanol–water partition coefficient (Wildman–Crippen LogP) is 2.47. The Hall–Kier alpha value is -3.37. The van der Waals surface area contributed by atoms with Gasteiger partial charge in [0.15, 0.2) is 10.9 Å². The number of benzene rings is 2. The number of nitrogens with one attached hydrogen (secondary N) is 1. The van der Waals surface area contributed by atoms with Crippen molar-refractivity contribution in [2.45, 2.75) is 17.9 Å². The highest BCUT2D eigenvalue weighted by Crippen LogP contribution is 2.18. The second kappa shape index (κ2) is 8.17. The number of anilines is 1. The van der Waals surface area contributed by atoms with Crippen LogP contribution in [0.5, 0.6) is 0 Å². The minimum atomic E-state index is -3.74. The number of fused-ring (bicyclic) bond motifs is 1. The molecule has 4 rings (SSSR count). The summed E-state index contributed by atoms with van der Waals surface area (Å²) in [6.45, 7) is -0.109. The number of thiazole rings is 1. The smallest absolute Gasteiger partial charge is 0.263 e. The Labute approximate surface area is 175 Å². The lowest BCUT2D eigenvalue weighted by Crippen LogP contribution is -2.25. The van der Waals surface area contributed by atoms with Gasteiger partial charge in [0.1, 0.15) is 0 Å². The van der Waals surface area contributed by atoms with E-state index in [0.29, 0.717) is 16.5 Å². The van der Waals surface area contributed by atoms with Gasteiger partial charge in [0.2, 0.25) is 0 Å². The Morgan fingerprint density at radius 2 is 1.83 bits per heavy atom. The number of carbonyl (C=O) groups is 1. The zero-order valence-corrected chi connectivity index (χ0v) is 17.2. The minimum absolute atomic E-state index is 0.0690. The Kier molecular flexibility index (Phi) is 5.42. The number of aromatic nitrogens is 3. The molecule has 2 aromatic carbocycles. The SMILES string of the molecule is O=C(Cc1ccc(S(=O)(=O)Nc2nccs2)cc1)Cn1cnc2ccccc2c1=O. The van der Waals surface area contributed by atoms with Crippen LogP contribution in [0.4, 0.5) is 5.13 Å². The van der Waals surface area contributed by atoms with Gasteiger partial charge in [-0.05, 0) is 29.8 Å². The van der Waals surface area contributed by atoms with Crippen LogP contribution >= 0.6 is 11.3 Å². The van der Waals surface area contributed by atoms with E-state index in [0.717, 1.165) is 0 Å². The fraction of sp³-hybridized carbons (Fsp3) is 0.100. The monoisotopic (exact) mass is 440 g/mol. The molecule has 0 bridgehead atoms. The van der Waals surface area contributed by atoms with Crippen molar-refractivity contribution in [1.29, 1.82) is 0 Å². The van der Waals surface area contributed by atoms with Crippen LogP contribution in [-0.2, 0) is 27.8 Å². The van der Waals surface area contributed by atoms with Crippen molar-refractivity contribution in [3.8, 4) is 0 Å². The maximum absolute atomic E-state index is 12.5. The van der Waals surface area contributed by atoms with Crippen LogP contribution in [0, 0.1) is 0 Å². The number of rotatable bonds is 7. The van der Waals surface area contributed by atoms with E-state index in [9.17, 15) is 18.0 Å². The highest BCUT2D eigenvalue weighted by Gasteiger charge is 2.16. The summed E-state index contributed by atoms with van der Waals surface area (Å²) in [5.74, 6) is -0.189. The molecule has 2 aromatic heterocycles. The molecule has 0 aliphatic carbocycles. The molecule has 0 saturated heterocycles. The van der Waals surface area contributed by atoms with Crippen molar-refractivity contribution in [3.05, 3.63) is 82.4 Å². The van der Waals surface area contributed by atoms with Crippen molar-refractivity contribution >= 4 is 43.2 Å². The number of carbonyl (C=O) groups excluding carboxylic acids is 1. The van der Waals surface area contributed by atoms with Gasteiger partial charge in [-0.15, -0.1) is 11.3 Å². The molecule has 0 fully saturated rings. The first-order chi connectivity index (χ1) is 14.4. The molecule has 4 aromatic rings. The van der Waals surface area contributed by atoms with Crippen LogP contribution in [0.3, 0.4) is 0 Å². The molecule has 30 heavy (non-hydrogen) atoms. The average molecular weight is 441 g/mol. The molecule has 152 valence electrons. The van der Waals surface area contributed by atoms with Gasteiger partial charge in [-0.3, -0.25) is 18.9 Å². The van der Waals surface area contributed by atoms with E-state index < -0.39 is 10.0 Å². The predicted molar refractivity (Wildman–Crippen MR) is 114 cm³/mol. The topological polar surface area (TPSA) is 111 Å². The molecule has 0 saturated carbocycles. The van der Waals surface area contributed by atoms with Gasteiger partial charge in [0.05, 0.1) is 28.7 Å². The van der Waals surface area contributed by atoms with Gasteiger partial charge in [-0.2, -0.15) is 0 Å². The summed E-state index contributed by atoms with van der Waals surface area (Å²) < 4.78 is 28.4. The molecular formula is C20H16N4O4S2. The third-order valence-corrected chi connectivity index (χ3v) is 6.54. The van der Waals surface area contributed by atoms with Crippen LogP contribution in [0.1, 0.15) is 5.56 Å². The summed E-state index contributed by atoms with van der Waals surface area (Å²) in [5, 5.41) is 2.40. The maximum Gasteiger partial charge on any atom is 0.263 e. The summed E-state index contributed by atoms with van der Waals surface area (Å²) in [6.07, 6.45) is 2.94. The molecule has 0 atom stereocenters. The normalized spacial score (nSPS) is 11.5. The van der Waals surface area contributed by atoms with Gasteiger partial charge in [0, 0.05) is 18.0 Å². The summed E-state index contributed by atoms with van der Waals surface area (Å²) in [5.41, 5.74) is 0.952. The van der Waals surface area contributed by atoms with Crippen molar-refractivity contribution < 1.29 is 13.2 Å². The fourth-order valence-electron chi connectivity index (χ4n) is 2.93. The fourth-order valence-corrected chi connectivity index (χ4v) is 4.72. The molecule has 1 N–H and O–H groups in total. The molecule has 0 unspecified atom stereocenters. The van der Waals surface area contributed by atoms with Gasteiger partial charge < -0.3 is 0 Å². The first-order valence-corrected chi connectivity index (χ1v) is 11.3. The van der Waals surface area contributed by atoms with Crippen LogP contribution in [0.15, 0.2) is 76.1 Å². The van der Waals surface area contributed by atoms with E-state index in [4.69, 9.17) is 0 Å². The molecule has 0 radical (unpaired) electrons.